The van der Waals surface area contributed by atoms with E-state index in [1.807, 2.05) is 0 Å². The van der Waals surface area contributed by atoms with Crippen molar-refractivity contribution in [1.29, 1.82) is 0 Å². The summed E-state index contributed by atoms with van der Waals surface area (Å²) in [6.07, 6.45) is 0.553. The number of benzene rings is 1. The van der Waals surface area contributed by atoms with E-state index in [2.05, 4.69) is 10.6 Å². The molecule has 3 rings (SSSR count). The fourth-order valence-corrected chi connectivity index (χ4v) is 4.73. The third kappa shape index (κ3) is 5.11. The van der Waals surface area contributed by atoms with Crippen LogP contribution in [-0.4, -0.2) is 69.5 Å². The van der Waals surface area contributed by atoms with Crippen molar-refractivity contribution in [3.63, 3.8) is 0 Å². The Morgan fingerprint density at radius 3 is 2.69 bits per heavy atom. The summed E-state index contributed by atoms with van der Waals surface area (Å²) in [6.45, 7) is 2.24. The van der Waals surface area contributed by atoms with Crippen molar-refractivity contribution in [2.75, 3.05) is 38.2 Å². The first-order valence-corrected chi connectivity index (χ1v) is 10.7. The van der Waals surface area contributed by atoms with E-state index in [0.29, 0.717) is 19.6 Å². The molecule has 2 heterocycles. The Balaban J connectivity index is 1.68. The van der Waals surface area contributed by atoms with Gasteiger partial charge in [0.25, 0.3) is 5.91 Å². The highest BCUT2D eigenvalue weighted by molar-refractivity contribution is 7.89. The van der Waals surface area contributed by atoms with Gasteiger partial charge in [-0.05, 0) is 31.0 Å². The minimum absolute atomic E-state index is 0.0258. The molecule has 1 atom stereocenters. The molecule has 0 aliphatic carbocycles. The van der Waals surface area contributed by atoms with Crippen molar-refractivity contribution in [3.05, 3.63) is 23.8 Å². The van der Waals surface area contributed by atoms with Crippen LogP contribution in [-0.2, 0) is 33.9 Å². The smallest absolute Gasteiger partial charge is 0.329 e. The van der Waals surface area contributed by atoms with Gasteiger partial charge in [-0.2, -0.15) is 4.31 Å². The summed E-state index contributed by atoms with van der Waals surface area (Å²) in [5.74, 6) is -1.62. The molecule has 2 N–H and O–H groups in total. The number of sulfonamides is 1. The van der Waals surface area contributed by atoms with E-state index in [9.17, 15) is 22.8 Å². The fourth-order valence-electron chi connectivity index (χ4n) is 3.09. The van der Waals surface area contributed by atoms with Crippen molar-refractivity contribution in [2.24, 2.45) is 0 Å². The maximum Gasteiger partial charge on any atom is 0.329 e. The first-order valence-electron chi connectivity index (χ1n) is 9.22. The number of hydrogen-bond acceptors (Lipinski definition) is 7. The lowest BCUT2D eigenvalue weighted by Gasteiger charge is -2.27. The van der Waals surface area contributed by atoms with E-state index < -0.39 is 34.5 Å². The van der Waals surface area contributed by atoms with Crippen LogP contribution in [0.5, 0.6) is 0 Å². The lowest BCUT2D eigenvalue weighted by molar-refractivity contribution is -0.149. The van der Waals surface area contributed by atoms with Crippen LogP contribution >= 0.6 is 0 Å². The first kappa shape index (κ1) is 21.2. The molecule has 10 nitrogen and oxygen atoms in total. The topological polar surface area (TPSA) is 131 Å². The highest BCUT2D eigenvalue weighted by Crippen LogP contribution is 2.26. The number of carbonyl (C=O) groups is 3. The molecule has 29 heavy (non-hydrogen) atoms. The zero-order valence-corrected chi connectivity index (χ0v) is 16.8. The Kier molecular flexibility index (Phi) is 6.50. The predicted octanol–water partition coefficient (Wildman–Crippen LogP) is -0.224. The second-order valence-electron chi connectivity index (χ2n) is 6.83. The summed E-state index contributed by atoms with van der Waals surface area (Å²) < 4.78 is 37.5. The monoisotopic (exact) mass is 425 g/mol. The molecule has 0 bridgehead atoms. The Morgan fingerprint density at radius 1 is 1.31 bits per heavy atom. The van der Waals surface area contributed by atoms with Crippen molar-refractivity contribution in [3.8, 4) is 0 Å². The summed E-state index contributed by atoms with van der Waals surface area (Å²) in [6, 6.07) is 3.90. The first-order chi connectivity index (χ1) is 13.8. The molecular formula is C18H23N3O7S. The number of hydrogen-bond donors (Lipinski definition) is 2. The van der Waals surface area contributed by atoms with Gasteiger partial charge in [0.1, 0.15) is 10.9 Å². The number of morpholine rings is 1. The standard InChI is InChI=1S/C18H23N3O7S/c1-12-2-3-13(15(10-12)29(25,26)21-6-8-27-9-7-21)19-17(23)11-28-18(24)14-4-5-16(22)20-14/h2-3,10,14H,4-9,11H2,1H3,(H,19,23)(H,20,22)/t14-/m1/s1. The summed E-state index contributed by atoms with van der Waals surface area (Å²) >= 11 is 0. The molecule has 0 saturated carbocycles. The largest absolute Gasteiger partial charge is 0.454 e. The quantitative estimate of drug-likeness (QED) is 0.602. The number of nitrogens with zero attached hydrogens (tertiary/aromatic N) is 1. The molecule has 158 valence electrons. The van der Waals surface area contributed by atoms with Gasteiger partial charge >= 0.3 is 5.97 Å². The molecule has 2 saturated heterocycles. The zero-order chi connectivity index (χ0) is 21.0. The third-order valence-corrected chi connectivity index (χ3v) is 6.56. The van der Waals surface area contributed by atoms with E-state index in [1.165, 1.54) is 16.4 Å². The molecule has 0 aromatic heterocycles. The van der Waals surface area contributed by atoms with E-state index in [-0.39, 0.29) is 36.0 Å². The highest BCUT2D eigenvalue weighted by Gasteiger charge is 2.30. The van der Waals surface area contributed by atoms with Gasteiger partial charge in [0, 0.05) is 19.5 Å². The van der Waals surface area contributed by atoms with Crippen LogP contribution in [0.25, 0.3) is 0 Å². The average Bonchev–Trinajstić information content (AvgIpc) is 3.14. The zero-order valence-electron chi connectivity index (χ0n) is 16.0. The van der Waals surface area contributed by atoms with Gasteiger partial charge in [-0.3, -0.25) is 9.59 Å². The summed E-state index contributed by atoms with van der Waals surface area (Å²) in [5, 5.41) is 4.96. The van der Waals surface area contributed by atoms with E-state index >= 15 is 0 Å². The van der Waals surface area contributed by atoms with Crippen LogP contribution in [0, 0.1) is 6.92 Å². The van der Waals surface area contributed by atoms with E-state index in [4.69, 9.17) is 9.47 Å². The molecule has 2 aliphatic heterocycles. The molecule has 0 radical (unpaired) electrons. The summed E-state index contributed by atoms with van der Waals surface area (Å²) in [5.41, 5.74) is 0.829. The molecule has 0 unspecified atom stereocenters. The number of nitrogens with one attached hydrogen (secondary N) is 2. The lowest BCUT2D eigenvalue weighted by Crippen LogP contribution is -2.41. The summed E-state index contributed by atoms with van der Waals surface area (Å²) in [7, 11) is -3.83. The minimum Gasteiger partial charge on any atom is -0.454 e. The number of ether oxygens (including phenoxy) is 2. The van der Waals surface area contributed by atoms with Crippen molar-refractivity contribution >= 4 is 33.5 Å². The second kappa shape index (κ2) is 8.89. The second-order valence-corrected chi connectivity index (χ2v) is 8.74. The van der Waals surface area contributed by atoms with Crippen LogP contribution in [0.2, 0.25) is 0 Å². The maximum absolute atomic E-state index is 13.0. The van der Waals surface area contributed by atoms with Gasteiger partial charge in [-0.1, -0.05) is 6.07 Å². The number of anilines is 1. The molecule has 11 heteroatoms. The fraction of sp³-hybridized carbons (Fsp3) is 0.500. The van der Waals surface area contributed by atoms with Crippen LogP contribution in [0.4, 0.5) is 5.69 Å². The van der Waals surface area contributed by atoms with Crippen molar-refractivity contribution in [2.45, 2.75) is 30.7 Å². The van der Waals surface area contributed by atoms with Gasteiger partial charge < -0.3 is 20.1 Å². The van der Waals surface area contributed by atoms with Gasteiger partial charge in [0.15, 0.2) is 6.61 Å². The maximum atomic E-state index is 13.0. The molecule has 0 spiro atoms. The van der Waals surface area contributed by atoms with Gasteiger partial charge in [0.05, 0.1) is 18.9 Å². The van der Waals surface area contributed by atoms with Gasteiger partial charge in [0.2, 0.25) is 15.9 Å². The molecule has 2 aliphatic rings. The minimum atomic E-state index is -3.83. The SMILES string of the molecule is Cc1ccc(NC(=O)COC(=O)[C@H]2CCC(=O)N2)c(S(=O)(=O)N2CCOCC2)c1. The molecule has 1 aromatic rings. The van der Waals surface area contributed by atoms with Gasteiger partial charge in [-0.15, -0.1) is 0 Å². The highest BCUT2D eigenvalue weighted by atomic mass is 32.2. The summed E-state index contributed by atoms with van der Waals surface area (Å²) in [4.78, 5) is 35.3. The number of rotatable bonds is 6. The lowest BCUT2D eigenvalue weighted by atomic mass is 10.2. The number of amides is 2. The molecule has 2 fully saturated rings. The predicted molar refractivity (Wildman–Crippen MR) is 102 cm³/mol. The Labute approximate surface area is 168 Å². The molecule has 1 aromatic carbocycles. The van der Waals surface area contributed by atoms with Crippen LogP contribution in [0.3, 0.4) is 0 Å². The molecule has 2 amide bonds. The number of esters is 1. The average molecular weight is 425 g/mol. The van der Waals surface area contributed by atoms with Gasteiger partial charge in [-0.25, -0.2) is 13.2 Å². The van der Waals surface area contributed by atoms with E-state index in [1.54, 1.807) is 13.0 Å². The Morgan fingerprint density at radius 2 is 2.03 bits per heavy atom. The van der Waals surface area contributed by atoms with Crippen molar-refractivity contribution in [1.82, 2.24) is 9.62 Å². The van der Waals surface area contributed by atoms with E-state index in [0.717, 1.165) is 5.56 Å². The van der Waals surface area contributed by atoms with Crippen LogP contribution in [0.1, 0.15) is 18.4 Å². The van der Waals surface area contributed by atoms with Crippen molar-refractivity contribution < 1.29 is 32.3 Å². The van der Waals surface area contributed by atoms with Crippen LogP contribution in [0.15, 0.2) is 23.1 Å². The normalized spacial score (nSPS) is 20.2. The molecular weight excluding hydrogens is 402 g/mol. The third-order valence-electron chi connectivity index (χ3n) is 4.62. The number of aryl methyl sites for hydroxylation is 1. The Bertz CT molecular complexity index is 910. The Hall–Kier alpha value is -2.50. The van der Waals surface area contributed by atoms with Crippen LogP contribution < -0.4 is 10.6 Å². The number of carbonyl (C=O) groups excluding carboxylic acids is 3.